The van der Waals surface area contributed by atoms with Crippen LogP contribution in [0.2, 0.25) is 0 Å². The van der Waals surface area contributed by atoms with Gasteiger partial charge in [-0.25, -0.2) is 0 Å². The third-order valence-electron chi connectivity index (χ3n) is 3.16. The zero-order valence-electron chi connectivity index (χ0n) is 10.3. The van der Waals surface area contributed by atoms with Crippen molar-refractivity contribution in [1.29, 1.82) is 0 Å². The van der Waals surface area contributed by atoms with Gasteiger partial charge in [-0.3, -0.25) is 4.79 Å². The van der Waals surface area contributed by atoms with Gasteiger partial charge < -0.3 is 19.7 Å². The number of rotatable bonds is 3. The zero-order chi connectivity index (χ0) is 12.1. The fraction of sp³-hybridized carbons (Fsp3) is 0.750. The van der Waals surface area contributed by atoms with Crippen molar-refractivity contribution >= 4 is 5.91 Å². The Kier molecular flexibility index (Phi) is 4.53. The van der Waals surface area contributed by atoms with E-state index in [9.17, 15) is 4.79 Å². The first-order valence-electron chi connectivity index (χ1n) is 6.08. The van der Waals surface area contributed by atoms with Crippen molar-refractivity contribution in [2.75, 3.05) is 46.6 Å². The van der Waals surface area contributed by atoms with E-state index in [1.807, 2.05) is 4.90 Å². The maximum Gasteiger partial charge on any atom is 0.242 e. The summed E-state index contributed by atoms with van der Waals surface area (Å²) in [4.78, 5) is 14.0. The lowest BCUT2D eigenvalue weighted by molar-refractivity contribution is -0.136. The maximum atomic E-state index is 12.1. The lowest BCUT2D eigenvalue weighted by Gasteiger charge is -2.31. The van der Waals surface area contributed by atoms with Crippen LogP contribution in [-0.2, 0) is 14.3 Å². The van der Waals surface area contributed by atoms with Gasteiger partial charge in [0.25, 0.3) is 0 Å². The molecule has 1 fully saturated rings. The average Bonchev–Trinajstić information content (AvgIpc) is 2.40. The molecule has 2 aliphatic rings. The Morgan fingerprint density at radius 3 is 3.18 bits per heavy atom. The van der Waals surface area contributed by atoms with Crippen LogP contribution in [0.4, 0.5) is 0 Å². The summed E-state index contributed by atoms with van der Waals surface area (Å²) in [5.41, 5.74) is 1.28. The summed E-state index contributed by atoms with van der Waals surface area (Å²) in [7, 11) is 1.70. The molecule has 96 valence electrons. The van der Waals surface area contributed by atoms with E-state index >= 15 is 0 Å². The molecule has 5 nitrogen and oxygen atoms in total. The quantitative estimate of drug-likeness (QED) is 0.693. The fourth-order valence-electron chi connectivity index (χ4n) is 2.17. The Labute approximate surface area is 102 Å². The summed E-state index contributed by atoms with van der Waals surface area (Å²) in [5, 5.41) is 3.19. The van der Waals surface area contributed by atoms with Gasteiger partial charge in [0.15, 0.2) is 0 Å². The summed E-state index contributed by atoms with van der Waals surface area (Å²) < 4.78 is 10.4. The van der Waals surface area contributed by atoms with Crippen molar-refractivity contribution in [2.45, 2.75) is 12.5 Å². The molecule has 17 heavy (non-hydrogen) atoms. The number of carbonyl (C=O) groups is 1. The zero-order valence-corrected chi connectivity index (χ0v) is 10.3. The molecule has 0 aromatic heterocycles. The van der Waals surface area contributed by atoms with Crippen molar-refractivity contribution in [3.8, 4) is 0 Å². The normalized spacial score (nSPS) is 25.6. The van der Waals surface area contributed by atoms with Crippen LogP contribution in [0.15, 0.2) is 11.6 Å². The van der Waals surface area contributed by atoms with Gasteiger partial charge >= 0.3 is 0 Å². The molecule has 0 radical (unpaired) electrons. The summed E-state index contributed by atoms with van der Waals surface area (Å²) >= 11 is 0. The molecule has 1 atom stereocenters. The average molecular weight is 240 g/mol. The first kappa shape index (κ1) is 12.5. The van der Waals surface area contributed by atoms with E-state index in [4.69, 9.17) is 9.47 Å². The second kappa shape index (κ2) is 6.14. The molecule has 0 aromatic rings. The van der Waals surface area contributed by atoms with Gasteiger partial charge in [-0.1, -0.05) is 6.08 Å². The molecule has 1 amide bonds. The van der Waals surface area contributed by atoms with Crippen molar-refractivity contribution < 1.29 is 14.3 Å². The van der Waals surface area contributed by atoms with E-state index in [1.54, 1.807) is 7.11 Å². The van der Waals surface area contributed by atoms with E-state index in [-0.39, 0.29) is 11.9 Å². The monoisotopic (exact) mass is 240 g/mol. The maximum absolute atomic E-state index is 12.1. The minimum Gasteiger partial charge on any atom is -0.380 e. The van der Waals surface area contributed by atoms with E-state index in [2.05, 4.69) is 11.4 Å². The van der Waals surface area contributed by atoms with Crippen molar-refractivity contribution in [1.82, 2.24) is 10.2 Å². The molecular formula is C12H20N2O3. The summed E-state index contributed by atoms with van der Waals surface area (Å²) in [5.74, 6) is 0.150. The Morgan fingerprint density at radius 1 is 1.71 bits per heavy atom. The molecule has 2 aliphatic heterocycles. The van der Waals surface area contributed by atoms with Crippen LogP contribution in [0.5, 0.6) is 0 Å². The van der Waals surface area contributed by atoms with Crippen LogP contribution in [-0.4, -0.2) is 63.4 Å². The van der Waals surface area contributed by atoms with Gasteiger partial charge in [-0.2, -0.15) is 0 Å². The van der Waals surface area contributed by atoms with Crippen LogP contribution in [0.25, 0.3) is 0 Å². The largest absolute Gasteiger partial charge is 0.380 e. The van der Waals surface area contributed by atoms with Crippen LogP contribution in [0, 0.1) is 0 Å². The lowest BCUT2D eigenvalue weighted by Crippen LogP contribution is -2.53. The number of hydrogen-bond acceptors (Lipinski definition) is 4. The first-order valence-corrected chi connectivity index (χ1v) is 6.08. The summed E-state index contributed by atoms with van der Waals surface area (Å²) in [6, 6.07) is -0.166. The van der Waals surface area contributed by atoms with E-state index in [0.29, 0.717) is 26.4 Å². The predicted molar refractivity (Wildman–Crippen MR) is 63.8 cm³/mol. The fourth-order valence-corrected chi connectivity index (χ4v) is 2.17. The molecule has 0 bridgehead atoms. The molecule has 1 saturated heterocycles. The molecule has 1 unspecified atom stereocenters. The molecule has 0 aliphatic carbocycles. The number of morpholine rings is 1. The number of nitrogens with one attached hydrogen (secondary N) is 1. The number of ether oxygens (including phenoxy) is 2. The van der Waals surface area contributed by atoms with Crippen LogP contribution < -0.4 is 5.32 Å². The van der Waals surface area contributed by atoms with E-state index < -0.39 is 0 Å². The highest BCUT2D eigenvalue weighted by Gasteiger charge is 2.26. The molecular weight excluding hydrogens is 220 g/mol. The molecule has 2 rings (SSSR count). The third-order valence-corrected chi connectivity index (χ3v) is 3.16. The smallest absolute Gasteiger partial charge is 0.242 e. The van der Waals surface area contributed by atoms with Gasteiger partial charge in [0.2, 0.25) is 5.91 Å². The number of carbonyl (C=O) groups excluding carboxylic acids is 1. The molecule has 0 spiro atoms. The van der Waals surface area contributed by atoms with Crippen LogP contribution in [0.3, 0.4) is 0 Å². The van der Waals surface area contributed by atoms with Crippen LogP contribution in [0.1, 0.15) is 6.42 Å². The van der Waals surface area contributed by atoms with Crippen molar-refractivity contribution in [3.63, 3.8) is 0 Å². The molecule has 2 heterocycles. The van der Waals surface area contributed by atoms with Gasteiger partial charge in [-0.05, 0) is 12.0 Å². The minimum atomic E-state index is -0.166. The molecule has 5 heteroatoms. The first-order chi connectivity index (χ1) is 8.31. The van der Waals surface area contributed by atoms with Crippen molar-refractivity contribution in [3.05, 3.63) is 11.6 Å². The Balaban J connectivity index is 1.85. The molecule has 0 aromatic carbocycles. The highest BCUT2D eigenvalue weighted by atomic mass is 16.5. The van der Waals surface area contributed by atoms with E-state index in [1.165, 1.54) is 5.57 Å². The SMILES string of the molecule is COCC1=CCN(C(=O)C2COCCN2)CC1. The standard InChI is InChI=1S/C12H20N2O3/c1-16-8-10-2-5-14(6-3-10)12(15)11-9-17-7-4-13-11/h2,11,13H,3-9H2,1H3. The summed E-state index contributed by atoms with van der Waals surface area (Å²) in [6.45, 7) is 4.09. The number of amides is 1. The second-order valence-electron chi connectivity index (χ2n) is 4.41. The second-order valence-corrected chi connectivity index (χ2v) is 4.41. The van der Waals surface area contributed by atoms with E-state index in [0.717, 1.165) is 19.5 Å². The van der Waals surface area contributed by atoms with Crippen LogP contribution >= 0.6 is 0 Å². The predicted octanol–water partition coefficient (Wildman–Crippen LogP) is -0.220. The van der Waals surface area contributed by atoms with Gasteiger partial charge in [0.1, 0.15) is 6.04 Å². The van der Waals surface area contributed by atoms with Gasteiger partial charge in [0, 0.05) is 26.7 Å². The van der Waals surface area contributed by atoms with Gasteiger partial charge in [-0.15, -0.1) is 0 Å². The number of hydrogen-bond donors (Lipinski definition) is 1. The molecule has 1 N–H and O–H groups in total. The lowest BCUT2D eigenvalue weighted by atomic mass is 10.1. The highest BCUT2D eigenvalue weighted by Crippen LogP contribution is 2.12. The molecule has 0 saturated carbocycles. The number of methoxy groups -OCH3 is 1. The number of nitrogens with zero attached hydrogens (tertiary/aromatic N) is 1. The summed E-state index contributed by atoms with van der Waals surface area (Å²) in [6.07, 6.45) is 3.00. The minimum absolute atomic E-state index is 0.150. The third kappa shape index (κ3) is 3.28. The topological polar surface area (TPSA) is 50.8 Å². The highest BCUT2D eigenvalue weighted by molar-refractivity contribution is 5.82. The Morgan fingerprint density at radius 2 is 2.59 bits per heavy atom. The van der Waals surface area contributed by atoms with Gasteiger partial charge in [0.05, 0.1) is 19.8 Å². The Bertz CT molecular complexity index is 298. The Hall–Kier alpha value is -0.910. The van der Waals surface area contributed by atoms with Crippen molar-refractivity contribution in [2.24, 2.45) is 0 Å².